The highest BCUT2D eigenvalue weighted by Crippen LogP contribution is 2.26. The largest absolute Gasteiger partial charge is 0.376 e. The first-order chi connectivity index (χ1) is 11.8. The van der Waals surface area contributed by atoms with Crippen LogP contribution in [0.2, 0.25) is 0 Å². The number of aryl methyl sites for hydroxylation is 2. The molecular weight excluding hydrogens is 314 g/mol. The number of aromatic nitrogens is 2. The van der Waals surface area contributed by atoms with Crippen molar-refractivity contribution in [3.05, 3.63) is 17.0 Å². The zero-order chi connectivity index (χ0) is 18.6. The van der Waals surface area contributed by atoms with E-state index in [1.807, 2.05) is 32.5 Å². The topological polar surface area (TPSA) is 56.2 Å². The van der Waals surface area contributed by atoms with E-state index in [1.54, 1.807) is 0 Å². The van der Waals surface area contributed by atoms with Gasteiger partial charge >= 0.3 is 0 Å². The van der Waals surface area contributed by atoms with Crippen molar-refractivity contribution in [2.75, 3.05) is 6.61 Å². The summed E-state index contributed by atoms with van der Waals surface area (Å²) >= 11 is 0. The van der Waals surface area contributed by atoms with E-state index in [4.69, 9.17) is 4.74 Å². The molecule has 1 N–H and O–H groups in total. The molecule has 1 saturated carbocycles. The molecule has 0 spiro atoms. The van der Waals surface area contributed by atoms with E-state index in [9.17, 15) is 4.79 Å². The molecule has 1 aliphatic carbocycles. The second-order valence-electron chi connectivity index (χ2n) is 7.92. The summed E-state index contributed by atoms with van der Waals surface area (Å²) in [6, 6.07) is 0.133. The van der Waals surface area contributed by atoms with Crippen LogP contribution >= 0.6 is 0 Å². The molecule has 0 aromatic carbocycles. The SMILES string of the molecule is Cc1nn(C)c(C)c1[C@H](C)C(=O)N[C@@H]1CCCC[C@H]1OCCC(C)C. The molecule has 1 aromatic rings. The molecule has 1 aromatic heterocycles. The van der Waals surface area contributed by atoms with Crippen molar-refractivity contribution in [2.45, 2.75) is 84.8 Å². The first kappa shape index (κ1) is 20.0. The van der Waals surface area contributed by atoms with Crippen LogP contribution in [0.15, 0.2) is 0 Å². The number of amides is 1. The summed E-state index contributed by atoms with van der Waals surface area (Å²) < 4.78 is 7.97. The van der Waals surface area contributed by atoms with Gasteiger partial charge in [0.05, 0.1) is 23.8 Å². The lowest BCUT2D eigenvalue weighted by Gasteiger charge is -2.33. The lowest BCUT2D eigenvalue weighted by Crippen LogP contribution is -2.47. The molecule has 3 atom stereocenters. The molecule has 1 amide bonds. The van der Waals surface area contributed by atoms with Crippen molar-refractivity contribution < 1.29 is 9.53 Å². The fourth-order valence-electron chi connectivity index (χ4n) is 3.77. The summed E-state index contributed by atoms with van der Waals surface area (Å²) in [5.41, 5.74) is 3.05. The van der Waals surface area contributed by atoms with Crippen LogP contribution in [0.3, 0.4) is 0 Å². The number of carbonyl (C=O) groups is 1. The van der Waals surface area contributed by atoms with Crippen LogP contribution in [0, 0.1) is 19.8 Å². The van der Waals surface area contributed by atoms with Gasteiger partial charge in [-0.3, -0.25) is 9.48 Å². The van der Waals surface area contributed by atoms with Gasteiger partial charge in [-0.05, 0) is 46.0 Å². The van der Waals surface area contributed by atoms with Crippen molar-refractivity contribution in [1.82, 2.24) is 15.1 Å². The van der Waals surface area contributed by atoms with Gasteiger partial charge in [0.1, 0.15) is 0 Å². The average molecular weight is 350 g/mol. The van der Waals surface area contributed by atoms with E-state index in [0.29, 0.717) is 5.92 Å². The Morgan fingerprint density at radius 1 is 1.28 bits per heavy atom. The molecule has 5 nitrogen and oxygen atoms in total. The van der Waals surface area contributed by atoms with Gasteiger partial charge in [0, 0.05) is 24.9 Å². The van der Waals surface area contributed by atoms with Gasteiger partial charge in [0.2, 0.25) is 5.91 Å². The minimum Gasteiger partial charge on any atom is -0.376 e. The second-order valence-corrected chi connectivity index (χ2v) is 7.92. The maximum atomic E-state index is 12.8. The Kier molecular flexibility index (Phi) is 7.05. The number of carbonyl (C=O) groups excluding carboxylic acids is 1. The first-order valence-electron chi connectivity index (χ1n) is 9.73. The lowest BCUT2D eigenvalue weighted by molar-refractivity contribution is -0.124. The third kappa shape index (κ3) is 5.06. The molecule has 1 aliphatic rings. The summed E-state index contributed by atoms with van der Waals surface area (Å²) in [5, 5.41) is 7.71. The summed E-state index contributed by atoms with van der Waals surface area (Å²) in [4.78, 5) is 12.8. The molecule has 0 unspecified atom stereocenters. The first-order valence-corrected chi connectivity index (χ1v) is 9.73. The number of nitrogens with zero attached hydrogens (tertiary/aromatic N) is 2. The predicted molar refractivity (Wildman–Crippen MR) is 101 cm³/mol. The smallest absolute Gasteiger partial charge is 0.227 e. The van der Waals surface area contributed by atoms with Gasteiger partial charge < -0.3 is 10.1 Å². The number of nitrogens with one attached hydrogen (secondary N) is 1. The van der Waals surface area contributed by atoms with Crippen LogP contribution in [0.25, 0.3) is 0 Å². The Labute approximate surface area is 152 Å². The standard InChI is InChI=1S/C20H35N3O2/c1-13(2)11-12-25-18-10-8-7-9-17(18)21-20(24)14(3)19-15(4)22-23(6)16(19)5/h13-14,17-18H,7-12H2,1-6H3,(H,21,24)/t14-,17+,18+/m0/s1. The van der Waals surface area contributed by atoms with E-state index in [-0.39, 0.29) is 24.0 Å². The summed E-state index contributed by atoms with van der Waals surface area (Å²) in [7, 11) is 1.93. The zero-order valence-electron chi connectivity index (χ0n) is 16.8. The molecule has 1 fully saturated rings. The molecule has 1 heterocycles. The van der Waals surface area contributed by atoms with E-state index < -0.39 is 0 Å². The van der Waals surface area contributed by atoms with E-state index in [2.05, 4.69) is 24.3 Å². The molecule has 0 aliphatic heterocycles. The molecule has 0 radical (unpaired) electrons. The maximum absolute atomic E-state index is 12.8. The van der Waals surface area contributed by atoms with Crippen molar-refractivity contribution >= 4 is 5.91 Å². The lowest BCUT2D eigenvalue weighted by atomic mass is 9.91. The molecular formula is C20H35N3O2. The quantitative estimate of drug-likeness (QED) is 0.818. The Balaban J connectivity index is 1.99. The minimum atomic E-state index is -0.188. The van der Waals surface area contributed by atoms with Gasteiger partial charge in [-0.1, -0.05) is 26.7 Å². The number of hydrogen-bond donors (Lipinski definition) is 1. The number of hydrogen-bond acceptors (Lipinski definition) is 3. The Bertz CT molecular complexity index is 580. The monoisotopic (exact) mass is 349 g/mol. The Hall–Kier alpha value is -1.36. The van der Waals surface area contributed by atoms with Crippen LogP contribution < -0.4 is 5.32 Å². The van der Waals surface area contributed by atoms with Crippen molar-refractivity contribution in [2.24, 2.45) is 13.0 Å². The summed E-state index contributed by atoms with van der Waals surface area (Å²) in [6.07, 6.45) is 5.63. The van der Waals surface area contributed by atoms with Crippen molar-refractivity contribution in [1.29, 1.82) is 0 Å². The van der Waals surface area contributed by atoms with Crippen LogP contribution in [-0.4, -0.2) is 34.4 Å². The zero-order valence-corrected chi connectivity index (χ0v) is 16.8. The van der Waals surface area contributed by atoms with Crippen LogP contribution in [0.5, 0.6) is 0 Å². The minimum absolute atomic E-state index is 0.0866. The predicted octanol–water partition coefficient (Wildman–Crippen LogP) is 3.63. The second kappa shape index (κ2) is 8.84. The van der Waals surface area contributed by atoms with Crippen molar-refractivity contribution in [3.63, 3.8) is 0 Å². The Morgan fingerprint density at radius 3 is 2.56 bits per heavy atom. The molecule has 5 heteroatoms. The third-order valence-corrected chi connectivity index (χ3v) is 5.45. The Morgan fingerprint density at radius 2 is 1.96 bits per heavy atom. The van der Waals surface area contributed by atoms with Gasteiger partial charge in [0.25, 0.3) is 0 Å². The van der Waals surface area contributed by atoms with Crippen LogP contribution in [0.1, 0.15) is 75.7 Å². The highest BCUT2D eigenvalue weighted by molar-refractivity contribution is 5.84. The van der Waals surface area contributed by atoms with Gasteiger partial charge in [0.15, 0.2) is 0 Å². The van der Waals surface area contributed by atoms with E-state index in [1.165, 1.54) is 6.42 Å². The molecule has 2 rings (SSSR count). The van der Waals surface area contributed by atoms with Crippen LogP contribution in [-0.2, 0) is 16.6 Å². The highest BCUT2D eigenvalue weighted by Gasteiger charge is 2.30. The maximum Gasteiger partial charge on any atom is 0.227 e. The normalized spacial score (nSPS) is 22.2. The highest BCUT2D eigenvalue weighted by atomic mass is 16.5. The molecule has 142 valence electrons. The average Bonchev–Trinajstić information content (AvgIpc) is 2.80. The molecule has 25 heavy (non-hydrogen) atoms. The van der Waals surface area contributed by atoms with Gasteiger partial charge in [-0.2, -0.15) is 5.10 Å². The van der Waals surface area contributed by atoms with E-state index >= 15 is 0 Å². The molecule has 0 saturated heterocycles. The third-order valence-electron chi connectivity index (χ3n) is 5.45. The van der Waals surface area contributed by atoms with Gasteiger partial charge in [-0.15, -0.1) is 0 Å². The molecule has 0 bridgehead atoms. The summed E-state index contributed by atoms with van der Waals surface area (Å²) in [6.45, 7) is 11.2. The number of ether oxygens (including phenoxy) is 1. The fourth-order valence-corrected chi connectivity index (χ4v) is 3.77. The van der Waals surface area contributed by atoms with Crippen LogP contribution in [0.4, 0.5) is 0 Å². The fraction of sp³-hybridized carbons (Fsp3) is 0.800. The van der Waals surface area contributed by atoms with Gasteiger partial charge in [-0.25, -0.2) is 0 Å². The van der Waals surface area contributed by atoms with Crippen molar-refractivity contribution in [3.8, 4) is 0 Å². The number of rotatable bonds is 7. The summed E-state index contributed by atoms with van der Waals surface area (Å²) in [5.74, 6) is 0.545. The van der Waals surface area contributed by atoms with E-state index in [0.717, 1.165) is 49.2 Å².